The average Bonchev–Trinajstić information content (AvgIpc) is 3.19. The monoisotopic (exact) mass is 414 g/mol. The number of aryl methyl sites for hydroxylation is 1. The van der Waals surface area contributed by atoms with Crippen LogP contribution in [0.4, 0.5) is 0 Å². The van der Waals surface area contributed by atoms with E-state index in [1.54, 1.807) is 22.9 Å². The van der Waals surface area contributed by atoms with E-state index in [0.29, 0.717) is 28.0 Å². The van der Waals surface area contributed by atoms with E-state index in [0.717, 1.165) is 11.3 Å². The summed E-state index contributed by atoms with van der Waals surface area (Å²) in [6.07, 6.45) is -0.750. The first-order valence-corrected chi connectivity index (χ1v) is 9.94. The molecule has 1 aromatic heterocycles. The maximum Gasteiger partial charge on any atom is 0.214 e. The molecule has 0 bridgehead atoms. The van der Waals surface area contributed by atoms with Gasteiger partial charge in [-0.15, -0.1) is 5.10 Å². The molecule has 0 aliphatic carbocycles. The summed E-state index contributed by atoms with van der Waals surface area (Å²) in [5.41, 5.74) is 2.50. The van der Waals surface area contributed by atoms with Crippen molar-refractivity contribution in [2.75, 3.05) is 19.5 Å². The van der Waals surface area contributed by atoms with E-state index >= 15 is 0 Å². The highest BCUT2D eigenvalue weighted by atomic mass is 32.2. The van der Waals surface area contributed by atoms with Crippen LogP contribution in [0.3, 0.4) is 0 Å². The number of benzene rings is 2. The predicted octanol–water partition coefficient (Wildman–Crippen LogP) is 2.71. The molecule has 0 spiro atoms. The number of nitrogens with zero attached hydrogens (tertiary/aromatic N) is 4. The van der Waals surface area contributed by atoms with Crippen molar-refractivity contribution >= 4 is 17.5 Å². The Labute approximate surface area is 172 Å². The van der Waals surface area contributed by atoms with Gasteiger partial charge in [-0.2, -0.15) is 4.68 Å². The predicted molar refractivity (Wildman–Crippen MR) is 109 cm³/mol. The molecule has 9 heteroatoms. The van der Waals surface area contributed by atoms with Gasteiger partial charge in [-0.1, -0.05) is 23.9 Å². The van der Waals surface area contributed by atoms with E-state index < -0.39 is 6.10 Å². The van der Waals surface area contributed by atoms with Crippen LogP contribution in [0, 0.1) is 6.92 Å². The molecule has 3 rings (SSSR count). The molecule has 1 N–H and O–H groups in total. The van der Waals surface area contributed by atoms with Crippen LogP contribution in [0.2, 0.25) is 0 Å². The number of aliphatic hydroxyl groups is 1. The lowest BCUT2D eigenvalue weighted by atomic mass is 10.1. The number of rotatable bonds is 9. The van der Waals surface area contributed by atoms with Gasteiger partial charge >= 0.3 is 0 Å². The number of carbonyl (C=O) groups is 1. The van der Waals surface area contributed by atoms with Crippen LogP contribution in [0.15, 0.2) is 47.6 Å². The summed E-state index contributed by atoms with van der Waals surface area (Å²) >= 11 is 1.33. The van der Waals surface area contributed by atoms with Gasteiger partial charge in [0.25, 0.3) is 0 Å². The molecule has 152 valence electrons. The maximum absolute atomic E-state index is 11.5. The minimum atomic E-state index is -0.750. The van der Waals surface area contributed by atoms with Gasteiger partial charge in [0.15, 0.2) is 17.3 Å². The van der Waals surface area contributed by atoms with Gasteiger partial charge in [0, 0.05) is 11.3 Å². The van der Waals surface area contributed by atoms with Gasteiger partial charge in [0.1, 0.15) is 6.61 Å². The number of aliphatic hydroxyl groups excluding tert-OH is 1. The van der Waals surface area contributed by atoms with Crippen molar-refractivity contribution in [2.24, 2.45) is 0 Å². The first kappa shape index (κ1) is 20.8. The fourth-order valence-corrected chi connectivity index (χ4v) is 3.40. The quantitative estimate of drug-likeness (QED) is 0.421. The van der Waals surface area contributed by atoms with Gasteiger partial charge < -0.3 is 14.6 Å². The van der Waals surface area contributed by atoms with E-state index in [1.807, 2.05) is 31.2 Å². The smallest absolute Gasteiger partial charge is 0.214 e. The number of methoxy groups -OCH3 is 1. The van der Waals surface area contributed by atoms with Crippen molar-refractivity contribution in [1.29, 1.82) is 0 Å². The largest absolute Gasteiger partial charge is 0.493 e. The highest BCUT2D eigenvalue weighted by molar-refractivity contribution is 7.99. The fraction of sp³-hybridized carbons (Fsp3) is 0.300. The fourth-order valence-electron chi connectivity index (χ4n) is 2.60. The van der Waals surface area contributed by atoms with E-state index in [1.165, 1.54) is 25.8 Å². The van der Waals surface area contributed by atoms with E-state index in [2.05, 4.69) is 15.5 Å². The molecule has 0 aliphatic rings. The Morgan fingerprint density at radius 2 is 2.07 bits per heavy atom. The molecule has 1 heterocycles. The lowest BCUT2D eigenvalue weighted by Gasteiger charge is -2.14. The Morgan fingerprint density at radius 1 is 1.24 bits per heavy atom. The number of ketones is 1. The van der Waals surface area contributed by atoms with E-state index in [4.69, 9.17) is 9.47 Å². The molecule has 3 aromatic rings. The summed E-state index contributed by atoms with van der Waals surface area (Å²) in [5.74, 6) is 1.20. The highest BCUT2D eigenvalue weighted by Gasteiger charge is 2.14. The molecule has 1 unspecified atom stereocenters. The zero-order valence-electron chi connectivity index (χ0n) is 16.4. The standard InChI is InChI=1S/C20H22N4O4S/c1-13-5-4-6-16(9-13)24-20(21-22-23-24)29-12-17(26)11-28-18-8-7-15(14(2)25)10-19(18)27-3/h4-10,17,26H,11-12H2,1-3H3. The van der Waals surface area contributed by atoms with Gasteiger partial charge in [0.2, 0.25) is 5.16 Å². The van der Waals surface area contributed by atoms with Gasteiger partial charge in [0.05, 0.1) is 18.9 Å². The lowest BCUT2D eigenvalue weighted by molar-refractivity contribution is 0.101. The summed E-state index contributed by atoms with van der Waals surface area (Å²) in [7, 11) is 1.50. The Bertz CT molecular complexity index is 992. The Balaban J connectivity index is 1.58. The second-order valence-electron chi connectivity index (χ2n) is 6.41. The molecule has 8 nitrogen and oxygen atoms in total. The zero-order valence-corrected chi connectivity index (χ0v) is 17.2. The van der Waals surface area contributed by atoms with Crippen molar-refractivity contribution < 1.29 is 19.4 Å². The second-order valence-corrected chi connectivity index (χ2v) is 7.40. The number of Topliss-reactive ketones (excluding diaryl/α,β-unsaturated/α-hetero) is 1. The molecule has 2 aromatic carbocycles. The summed E-state index contributed by atoms with van der Waals surface area (Å²) in [6, 6.07) is 12.8. The van der Waals surface area contributed by atoms with Crippen molar-refractivity contribution in [2.45, 2.75) is 25.1 Å². The Hall–Kier alpha value is -2.91. The van der Waals surface area contributed by atoms with Crippen LogP contribution in [0.1, 0.15) is 22.8 Å². The Morgan fingerprint density at radius 3 is 2.79 bits per heavy atom. The van der Waals surface area contributed by atoms with Gasteiger partial charge in [-0.25, -0.2) is 0 Å². The van der Waals surface area contributed by atoms with Gasteiger partial charge in [-0.05, 0) is 60.2 Å². The summed E-state index contributed by atoms with van der Waals surface area (Å²) in [6.45, 7) is 3.55. The third-order valence-electron chi connectivity index (χ3n) is 4.09. The molecule has 0 radical (unpaired) electrons. The number of hydrogen-bond acceptors (Lipinski definition) is 8. The molecule has 0 amide bonds. The zero-order chi connectivity index (χ0) is 20.8. The Kier molecular flexibility index (Phi) is 6.84. The van der Waals surface area contributed by atoms with Crippen molar-refractivity contribution in [1.82, 2.24) is 20.2 Å². The van der Waals surface area contributed by atoms with Crippen LogP contribution in [-0.4, -0.2) is 56.7 Å². The third-order valence-corrected chi connectivity index (χ3v) is 5.16. The molecule has 0 saturated heterocycles. The molecule has 0 fully saturated rings. The van der Waals surface area contributed by atoms with Crippen molar-refractivity contribution in [3.63, 3.8) is 0 Å². The third kappa shape index (κ3) is 5.33. The first-order chi connectivity index (χ1) is 14.0. The summed E-state index contributed by atoms with van der Waals surface area (Å²) < 4.78 is 12.6. The summed E-state index contributed by atoms with van der Waals surface area (Å²) in [5, 5.41) is 22.7. The minimum Gasteiger partial charge on any atom is -0.493 e. The van der Waals surface area contributed by atoms with E-state index in [-0.39, 0.29) is 12.4 Å². The van der Waals surface area contributed by atoms with Crippen LogP contribution < -0.4 is 9.47 Å². The van der Waals surface area contributed by atoms with Gasteiger partial charge in [-0.3, -0.25) is 4.79 Å². The average molecular weight is 414 g/mol. The number of thioether (sulfide) groups is 1. The number of tetrazole rings is 1. The normalized spacial score (nSPS) is 11.9. The van der Waals surface area contributed by atoms with Crippen molar-refractivity contribution in [3.8, 4) is 17.2 Å². The number of aromatic nitrogens is 4. The van der Waals surface area contributed by atoms with Crippen LogP contribution in [-0.2, 0) is 0 Å². The van der Waals surface area contributed by atoms with Crippen LogP contribution in [0.5, 0.6) is 11.5 Å². The summed E-state index contributed by atoms with van der Waals surface area (Å²) in [4.78, 5) is 11.5. The molecular weight excluding hydrogens is 392 g/mol. The SMILES string of the molecule is COc1cc(C(C)=O)ccc1OCC(O)CSc1nnnn1-c1cccc(C)c1. The van der Waals surface area contributed by atoms with Crippen LogP contribution in [0.25, 0.3) is 5.69 Å². The molecular formula is C20H22N4O4S. The molecule has 0 aliphatic heterocycles. The molecule has 29 heavy (non-hydrogen) atoms. The number of ether oxygens (including phenoxy) is 2. The topological polar surface area (TPSA) is 99.4 Å². The number of carbonyl (C=O) groups excluding carboxylic acids is 1. The highest BCUT2D eigenvalue weighted by Crippen LogP contribution is 2.28. The molecule has 0 saturated carbocycles. The molecule has 1 atom stereocenters. The second kappa shape index (κ2) is 9.53. The lowest BCUT2D eigenvalue weighted by Crippen LogP contribution is -2.20. The van der Waals surface area contributed by atoms with Crippen molar-refractivity contribution in [3.05, 3.63) is 53.6 Å². The van der Waals surface area contributed by atoms with E-state index in [9.17, 15) is 9.90 Å². The van der Waals surface area contributed by atoms with Crippen LogP contribution >= 0.6 is 11.8 Å². The number of hydrogen-bond donors (Lipinski definition) is 1. The first-order valence-electron chi connectivity index (χ1n) is 8.96. The maximum atomic E-state index is 11.5. The minimum absolute atomic E-state index is 0.0578.